The maximum absolute atomic E-state index is 10.4. The fourth-order valence-electron chi connectivity index (χ4n) is 6.24. The highest BCUT2D eigenvalue weighted by Gasteiger charge is 2.54. The third-order valence-electron chi connectivity index (χ3n) is 7.69. The lowest BCUT2D eigenvalue weighted by atomic mass is 9.51. The summed E-state index contributed by atoms with van der Waals surface area (Å²) in [4.78, 5) is 0. The Balaban J connectivity index is 1.95. The fourth-order valence-corrected chi connectivity index (χ4v) is 6.24. The van der Waals surface area contributed by atoms with Crippen LogP contribution in [0.1, 0.15) is 65.7 Å². The van der Waals surface area contributed by atoms with Crippen molar-refractivity contribution in [3.63, 3.8) is 0 Å². The third kappa shape index (κ3) is 2.60. The zero-order valence-electron chi connectivity index (χ0n) is 15.0. The van der Waals surface area contributed by atoms with Gasteiger partial charge in [0.1, 0.15) is 0 Å². The summed E-state index contributed by atoms with van der Waals surface area (Å²) in [5.41, 5.74) is 1.15. The van der Waals surface area contributed by atoms with Gasteiger partial charge < -0.3 is 15.3 Å². The summed E-state index contributed by atoms with van der Waals surface area (Å²) >= 11 is 0. The summed E-state index contributed by atoms with van der Waals surface area (Å²) in [5.74, 6) is 1.53. The van der Waals surface area contributed by atoms with Crippen molar-refractivity contribution in [3.05, 3.63) is 11.6 Å². The molecule has 6 atom stereocenters. The average molecular weight is 322 g/mol. The van der Waals surface area contributed by atoms with Gasteiger partial charge in [0.2, 0.25) is 0 Å². The van der Waals surface area contributed by atoms with Gasteiger partial charge in [-0.25, -0.2) is 0 Å². The van der Waals surface area contributed by atoms with E-state index >= 15 is 0 Å². The second kappa shape index (κ2) is 6.16. The van der Waals surface area contributed by atoms with Gasteiger partial charge in [-0.1, -0.05) is 38.8 Å². The first-order valence-electron chi connectivity index (χ1n) is 9.53. The fraction of sp³-hybridized carbons (Fsp3) is 0.900. The molecule has 3 aliphatic carbocycles. The van der Waals surface area contributed by atoms with E-state index in [-0.39, 0.29) is 29.6 Å². The summed E-state index contributed by atoms with van der Waals surface area (Å²) in [6.07, 6.45) is 8.46. The van der Waals surface area contributed by atoms with Gasteiger partial charge in [0, 0.05) is 5.41 Å². The van der Waals surface area contributed by atoms with E-state index in [1.54, 1.807) is 0 Å². The zero-order valence-corrected chi connectivity index (χ0v) is 15.0. The van der Waals surface area contributed by atoms with Crippen LogP contribution in [0.4, 0.5) is 0 Å². The number of aliphatic hydroxyl groups is 3. The lowest BCUT2D eigenvalue weighted by Crippen LogP contribution is -2.49. The second-order valence-corrected chi connectivity index (χ2v) is 8.88. The molecule has 3 rings (SSSR count). The van der Waals surface area contributed by atoms with Crippen molar-refractivity contribution in [2.45, 2.75) is 77.9 Å². The van der Waals surface area contributed by atoms with Gasteiger partial charge in [-0.3, -0.25) is 0 Å². The van der Waals surface area contributed by atoms with E-state index in [0.717, 1.165) is 44.9 Å². The minimum atomic E-state index is -0.236. The van der Waals surface area contributed by atoms with Crippen molar-refractivity contribution < 1.29 is 15.3 Å². The van der Waals surface area contributed by atoms with Crippen molar-refractivity contribution in [1.82, 2.24) is 0 Å². The van der Waals surface area contributed by atoms with Crippen molar-refractivity contribution >= 4 is 0 Å². The molecule has 6 unspecified atom stereocenters. The van der Waals surface area contributed by atoms with E-state index in [1.807, 2.05) is 0 Å². The van der Waals surface area contributed by atoms with Crippen LogP contribution >= 0.6 is 0 Å². The molecule has 3 N–H and O–H groups in total. The predicted molar refractivity (Wildman–Crippen MR) is 91.9 cm³/mol. The number of fused-ring (bicyclic) bond motifs is 1. The molecule has 0 spiro atoms. The Labute approximate surface area is 140 Å². The first-order chi connectivity index (χ1) is 10.9. The molecule has 2 saturated carbocycles. The number of hydrogen-bond acceptors (Lipinski definition) is 3. The minimum absolute atomic E-state index is 0.0335. The molecule has 0 bridgehead atoms. The van der Waals surface area contributed by atoms with Crippen molar-refractivity contribution in [1.29, 1.82) is 0 Å². The molecule has 23 heavy (non-hydrogen) atoms. The molecule has 132 valence electrons. The van der Waals surface area contributed by atoms with Gasteiger partial charge in [-0.2, -0.15) is 0 Å². The first kappa shape index (κ1) is 17.4. The van der Waals surface area contributed by atoms with E-state index in [2.05, 4.69) is 26.8 Å². The summed E-state index contributed by atoms with van der Waals surface area (Å²) < 4.78 is 0. The minimum Gasteiger partial charge on any atom is -0.395 e. The maximum atomic E-state index is 10.4. The Morgan fingerprint density at radius 3 is 2.48 bits per heavy atom. The van der Waals surface area contributed by atoms with Crippen LogP contribution in [0.3, 0.4) is 0 Å². The summed E-state index contributed by atoms with van der Waals surface area (Å²) in [7, 11) is 0. The molecule has 3 aliphatic rings. The Bertz CT molecular complexity index is 470. The zero-order chi connectivity index (χ0) is 16.8. The SMILES string of the molecule is CCC1C(C2CCC(O)C2(C)C)CC=C2CC(O)CCC21CO. The van der Waals surface area contributed by atoms with Crippen LogP contribution < -0.4 is 0 Å². The number of aliphatic hydroxyl groups excluding tert-OH is 3. The maximum Gasteiger partial charge on any atom is 0.0594 e. The Hall–Kier alpha value is -0.380. The van der Waals surface area contributed by atoms with Crippen LogP contribution in [0.5, 0.6) is 0 Å². The smallest absolute Gasteiger partial charge is 0.0594 e. The molecular weight excluding hydrogens is 288 g/mol. The molecule has 3 heteroatoms. The molecule has 0 radical (unpaired) electrons. The number of hydrogen-bond donors (Lipinski definition) is 3. The molecule has 0 heterocycles. The topological polar surface area (TPSA) is 60.7 Å². The van der Waals surface area contributed by atoms with Gasteiger partial charge in [0.05, 0.1) is 18.8 Å². The molecule has 0 aromatic rings. The van der Waals surface area contributed by atoms with Crippen LogP contribution in [0.2, 0.25) is 0 Å². The quantitative estimate of drug-likeness (QED) is 0.699. The van der Waals surface area contributed by atoms with E-state index in [4.69, 9.17) is 0 Å². The Kier molecular flexibility index (Phi) is 4.67. The normalized spacial score (nSPS) is 46.3. The van der Waals surface area contributed by atoms with E-state index in [0.29, 0.717) is 17.8 Å². The average Bonchev–Trinajstić information content (AvgIpc) is 2.79. The van der Waals surface area contributed by atoms with Crippen molar-refractivity contribution in [2.75, 3.05) is 6.61 Å². The number of rotatable bonds is 3. The largest absolute Gasteiger partial charge is 0.395 e. The highest BCUT2D eigenvalue weighted by atomic mass is 16.3. The summed E-state index contributed by atoms with van der Waals surface area (Å²) in [5, 5.41) is 30.8. The van der Waals surface area contributed by atoms with Gasteiger partial charge in [0.15, 0.2) is 0 Å². The molecule has 2 fully saturated rings. The van der Waals surface area contributed by atoms with E-state index < -0.39 is 0 Å². The predicted octanol–water partition coefficient (Wildman–Crippen LogP) is 3.28. The van der Waals surface area contributed by atoms with E-state index in [9.17, 15) is 15.3 Å². The van der Waals surface area contributed by atoms with Crippen LogP contribution in [0, 0.1) is 28.6 Å². The standard InChI is InChI=1S/C20H34O3/c1-4-16-15(17-7-8-18(23)19(17,2)3)6-5-13-11-14(22)9-10-20(13,16)12-21/h5,14-18,21-23H,4,6-12H2,1-3H3. The van der Waals surface area contributed by atoms with Crippen LogP contribution in [-0.2, 0) is 0 Å². The van der Waals surface area contributed by atoms with Gasteiger partial charge in [0.25, 0.3) is 0 Å². The molecular formula is C20H34O3. The molecule has 3 nitrogen and oxygen atoms in total. The second-order valence-electron chi connectivity index (χ2n) is 8.88. The molecule has 0 aromatic carbocycles. The van der Waals surface area contributed by atoms with Crippen LogP contribution in [0.15, 0.2) is 11.6 Å². The van der Waals surface area contributed by atoms with Crippen LogP contribution in [0.25, 0.3) is 0 Å². The van der Waals surface area contributed by atoms with Gasteiger partial charge >= 0.3 is 0 Å². The highest BCUT2D eigenvalue weighted by Crippen LogP contribution is 2.59. The molecule has 0 saturated heterocycles. The lowest BCUT2D eigenvalue weighted by Gasteiger charge is -2.54. The lowest BCUT2D eigenvalue weighted by molar-refractivity contribution is -0.0421. The highest BCUT2D eigenvalue weighted by molar-refractivity contribution is 5.25. The Morgan fingerprint density at radius 2 is 1.91 bits per heavy atom. The Morgan fingerprint density at radius 1 is 1.17 bits per heavy atom. The van der Waals surface area contributed by atoms with Crippen LogP contribution in [-0.4, -0.2) is 34.1 Å². The first-order valence-corrected chi connectivity index (χ1v) is 9.53. The van der Waals surface area contributed by atoms with Crippen molar-refractivity contribution in [2.24, 2.45) is 28.6 Å². The van der Waals surface area contributed by atoms with Gasteiger partial charge in [-0.15, -0.1) is 0 Å². The van der Waals surface area contributed by atoms with Gasteiger partial charge in [-0.05, 0) is 61.7 Å². The summed E-state index contributed by atoms with van der Waals surface area (Å²) in [6.45, 7) is 6.90. The molecule has 0 aromatic heterocycles. The molecule has 0 aliphatic heterocycles. The molecule has 0 amide bonds. The van der Waals surface area contributed by atoms with E-state index in [1.165, 1.54) is 5.57 Å². The summed E-state index contributed by atoms with van der Waals surface area (Å²) in [6, 6.07) is 0. The third-order valence-corrected chi connectivity index (χ3v) is 7.69. The van der Waals surface area contributed by atoms with Crippen molar-refractivity contribution in [3.8, 4) is 0 Å². The monoisotopic (exact) mass is 322 g/mol. The number of allylic oxidation sites excluding steroid dienone is 1.